The zero-order valence-electron chi connectivity index (χ0n) is 9.58. The highest BCUT2D eigenvalue weighted by atomic mass is 35.5. The number of nitrogens with two attached hydrogens (primary N) is 1. The number of carbonyl (C=O) groups excluding carboxylic acids is 1. The van der Waals surface area contributed by atoms with Gasteiger partial charge in [-0.1, -0.05) is 11.6 Å². The second-order valence-corrected chi connectivity index (χ2v) is 4.25. The van der Waals surface area contributed by atoms with Crippen LogP contribution in [0.1, 0.15) is 29.6 Å². The fourth-order valence-corrected chi connectivity index (χ4v) is 1.70. The number of hydrogen-bond acceptors (Lipinski definition) is 3. The zero-order chi connectivity index (χ0) is 12.7. The van der Waals surface area contributed by atoms with Crippen molar-refractivity contribution in [2.24, 2.45) is 0 Å². The van der Waals surface area contributed by atoms with E-state index in [1.54, 1.807) is 18.2 Å². The van der Waals surface area contributed by atoms with Gasteiger partial charge >= 0.3 is 0 Å². The molecule has 0 fully saturated rings. The Balaban J connectivity index is 2.41. The smallest absolute Gasteiger partial charge is 0.251 e. The Morgan fingerprint density at radius 2 is 2.06 bits per heavy atom. The number of anilines is 1. The molecule has 4 nitrogen and oxygen atoms in total. The molecule has 0 aliphatic heterocycles. The summed E-state index contributed by atoms with van der Waals surface area (Å²) in [5, 5.41) is 11.8. The van der Waals surface area contributed by atoms with E-state index in [1.807, 2.05) is 0 Å². The molecule has 0 aliphatic rings. The van der Waals surface area contributed by atoms with Gasteiger partial charge in [-0.25, -0.2) is 0 Å². The molecule has 0 aliphatic carbocycles. The molecule has 1 aromatic carbocycles. The van der Waals surface area contributed by atoms with Gasteiger partial charge in [0.25, 0.3) is 5.91 Å². The number of hydrogen-bond donors (Lipinski definition) is 3. The SMILES string of the molecule is Nc1cc(Cl)cc(C(=O)NCCCCCO)c1. The Kier molecular flexibility index (Phi) is 5.80. The van der Waals surface area contributed by atoms with E-state index in [-0.39, 0.29) is 12.5 Å². The van der Waals surface area contributed by atoms with Gasteiger partial charge in [0.2, 0.25) is 0 Å². The lowest BCUT2D eigenvalue weighted by atomic mass is 10.2. The normalized spacial score (nSPS) is 10.2. The van der Waals surface area contributed by atoms with Crippen LogP contribution in [0.3, 0.4) is 0 Å². The summed E-state index contributed by atoms with van der Waals surface area (Å²) in [6, 6.07) is 4.77. The van der Waals surface area contributed by atoms with Gasteiger partial charge in [0, 0.05) is 29.4 Å². The van der Waals surface area contributed by atoms with Gasteiger partial charge in [0.05, 0.1) is 0 Å². The predicted octanol–water partition coefficient (Wildman–Crippen LogP) is 1.81. The summed E-state index contributed by atoms with van der Waals surface area (Å²) in [5.41, 5.74) is 6.54. The molecule has 0 spiro atoms. The van der Waals surface area contributed by atoms with Crippen molar-refractivity contribution in [3.63, 3.8) is 0 Å². The topological polar surface area (TPSA) is 75.4 Å². The first-order valence-electron chi connectivity index (χ1n) is 5.58. The standard InChI is InChI=1S/C12H17ClN2O2/c13-10-6-9(7-11(14)8-10)12(17)15-4-2-1-3-5-16/h6-8,16H,1-5,14H2,(H,15,17). The molecule has 0 unspecified atom stereocenters. The Morgan fingerprint density at radius 3 is 2.71 bits per heavy atom. The summed E-state index contributed by atoms with van der Waals surface area (Å²) >= 11 is 5.81. The second kappa shape index (κ2) is 7.14. The van der Waals surface area contributed by atoms with E-state index in [0.717, 1.165) is 19.3 Å². The molecule has 0 saturated heterocycles. The number of nitrogens with one attached hydrogen (secondary N) is 1. The maximum atomic E-state index is 11.7. The molecule has 0 radical (unpaired) electrons. The Bertz CT molecular complexity index is 363. The maximum Gasteiger partial charge on any atom is 0.251 e. The number of amides is 1. The molecule has 0 aromatic heterocycles. The van der Waals surface area contributed by atoms with Crippen molar-refractivity contribution < 1.29 is 9.90 Å². The Morgan fingerprint density at radius 1 is 1.29 bits per heavy atom. The van der Waals surface area contributed by atoms with Crippen molar-refractivity contribution in [2.75, 3.05) is 18.9 Å². The van der Waals surface area contributed by atoms with Crippen molar-refractivity contribution in [3.8, 4) is 0 Å². The second-order valence-electron chi connectivity index (χ2n) is 3.81. The third-order valence-corrected chi connectivity index (χ3v) is 2.52. The average Bonchev–Trinajstić information content (AvgIpc) is 2.27. The van der Waals surface area contributed by atoms with Crippen molar-refractivity contribution >= 4 is 23.2 Å². The van der Waals surface area contributed by atoms with E-state index < -0.39 is 0 Å². The number of unbranched alkanes of at least 4 members (excludes halogenated alkanes) is 2. The number of benzene rings is 1. The number of halogens is 1. The van der Waals surface area contributed by atoms with Gasteiger partial charge in [0.1, 0.15) is 0 Å². The fourth-order valence-electron chi connectivity index (χ4n) is 1.46. The quantitative estimate of drug-likeness (QED) is 0.537. The molecule has 5 heteroatoms. The minimum Gasteiger partial charge on any atom is -0.399 e. The highest BCUT2D eigenvalue weighted by molar-refractivity contribution is 6.31. The van der Waals surface area contributed by atoms with Crippen LogP contribution in [0, 0.1) is 0 Å². The number of aliphatic hydroxyl groups is 1. The van der Waals surface area contributed by atoms with Crippen LogP contribution in [0.25, 0.3) is 0 Å². The summed E-state index contributed by atoms with van der Waals surface area (Å²) in [6.45, 7) is 0.782. The first kappa shape index (κ1) is 13.8. The molecule has 0 heterocycles. The van der Waals surface area contributed by atoms with Crippen molar-refractivity contribution in [1.29, 1.82) is 0 Å². The van der Waals surface area contributed by atoms with Crippen LogP contribution in [0.4, 0.5) is 5.69 Å². The number of nitrogen functional groups attached to an aromatic ring is 1. The lowest BCUT2D eigenvalue weighted by molar-refractivity contribution is 0.0953. The van der Waals surface area contributed by atoms with Gasteiger partial charge < -0.3 is 16.2 Å². The first-order valence-corrected chi connectivity index (χ1v) is 5.96. The van der Waals surface area contributed by atoms with Crippen LogP contribution < -0.4 is 11.1 Å². The van der Waals surface area contributed by atoms with E-state index in [2.05, 4.69) is 5.32 Å². The molecule has 1 amide bonds. The lowest BCUT2D eigenvalue weighted by Gasteiger charge is -2.06. The van der Waals surface area contributed by atoms with Crippen LogP contribution in [0.2, 0.25) is 5.02 Å². The van der Waals surface area contributed by atoms with Gasteiger partial charge in [-0.2, -0.15) is 0 Å². The minimum atomic E-state index is -0.178. The van der Waals surface area contributed by atoms with Crippen LogP contribution in [-0.4, -0.2) is 24.2 Å². The van der Waals surface area contributed by atoms with Crippen LogP contribution in [-0.2, 0) is 0 Å². The van der Waals surface area contributed by atoms with Gasteiger partial charge in [-0.15, -0.1) is 0 Å². The summed E-state index contributed by atoms with van der Waals surface area (Å²) in [5.74, 6) is -0.178. The minimum absolute atomic E-state index is 0.178. The number of rotatable bonds is 6. The van der Waals surface area contributed by atoms with E-state index >= 15 is 0 Å². The molecule has 4 N–H and O–H groups in total. The third kappa shape index (κ3) is 5.06. The molecule has 0 atom stereocenters. The predicted molar refractivity (Wildman–Crippen MR) is 69.1 cm³/mol. The molecule has 1 aromatic rings. The molecular weight excluding hydrogens is 240 g/mol. The number of aliphatic hydroxyl groups excluding tert-OH is 1. The summed E-state index contributed by atoms with van der Waals surface area (Å²) < 4.78 is 0. The van der Waals surface area contributed by atoms with Crippen LogP contribution >= 0.6 is 11.6 Å². The van der Waals surface area contributed by atoms with Crippen molar-refractivity contribution in [3.05, 3.63) is 28.8 Å². The van der Waals surface area contributed by atoms with E-state index in [1.165, 1.54) is 0 Å². The zero-order valence-corrected chi connectivity index (χ0v) is 10.3. The van der Waals surface area contributed by atoms with E-state index in [4.69, 9.17) is 22.4 Å². The highest BCUT2D eigenvalue weighted by Gasteiger charge is 2.06. The first-order chi connectivity index (χ1) is 8.13. The Hall–Kier alpha value is -1.26. The molecular formula is C12H17ClN2O2. The average molecular weight is 257 g/mol. The molecule has 0 saturated carbocycles. The molecule has 94 valence electrons. The summed E-state index contributed by atoms with van der Waals surface area (Å²) in [6.07, 6.45) is 2.51. The Labute approximate surface area is 106 Å². The van der Waals surface area contributed by atoms with Crippen molar-refractivity contribution in [2.45, 2.75) is 19.3 Å². The monoisotopic (exact) mass is 256 g/mol. The summed E-state index contributed by atoms with van der Waals surface area (Å²) in [4.78, 5) is 11.7. The van der Waals surface area contributed by atoms with Gasteiger partial charge in [-0.3, -0.25) is 4.79 Å². The molecule has 1 rings (SSSR count). The summed E-state index contributed by atoms with van der Waals surface area (Å²) in [7, 11) is 0. The highest BCUT2D eigenvalue weighted by Crippen LogP contribution is 2.16. The number of carbonyl (C=O) groups is 1. The largest absolute Gasteiger partial charge is 0.399 e. The lowest BCUT2D eigenvalue weighted by Crippen LogP contribution is -2.24. The molecule has 0 bridgehead atoms. The maximum absolute atomic E-state index is 11.7. The fraction of sp³-hybridized carbons (Fsp3) is 0.417. The van der Waals surface area contributed by atoms with E-state index in [9.17, 15) is 4.79 Å². The van der Waals surface area contributed by atoms with Crippen LogP contribution in [0.5, 0.6) is 0 Å². The third-order valence-electron chi connectivity index (χ3n) is 2.30. The van der Waals surface area contributed by atoms with Crippen LogP contribution in [0.15, 0.2) is 18.2 Å². The van der Waals surface area contributed by atoms with Crippen molar-refractivity contribution in [1.82, 2.24) is 5.32 Å². The van der Waals surface area contributed by atoms with Gasteiger partial charge in [0.15, 0.2) is 0 Å². The van der Waals surface area contributed by atoms with E-state index in [0.29, 0.717) is 22.8 Å². The molecule has 17 heavy (non-hydrogen) atoms. The van der Waals surface area contributed by atoms with Gasteiger partial charge in [-0.05, 0) is 37.5 Å².